The van der Waals surface area contributed by atoms with E-state index in [9.17, 15) is 9.59 Å². The number of nitrogens with one attached hydrogen (secondary N) is 1. The van der Waals surface area contributed by atoms with Crippen LogP contribution in [0.4, 0.5) is 5.69 Å². The molecule has 6 heteroatoms. The molecule has 3 N–H and O–H groups in total. The summed E-state index contributed by atoms with van der Waals surface area (Å²) in [4.78, 5) is 24.0. The number of hydrogen-bond donors (Lipinski definition) is 2. The van der Waals surface area contributed by atoms with Crippen molar-refractivity contribution in [2.45, 2.75) is 26.3 Å². The zero-order valence-electron chi connectivity index (χ0n) is 12.9. The minimum atomic E-state index is -0.631. The second-order valence-corrected chi connectivity index (χ2v) is 5.84. The van der Waals surface area contributed by atoms with Crippen LogP contribution in [-0.2, 0) is 9.53 Å². The molecule has 0 aromatic heterocycles. The summed E-state index contributed by atoms with van der Waals surface area (Å²) >= 11 is 1.61. The van der Waals surface area contributed by atoms with E-state index < -0.39 is 12.0 Å². The maximum atomic E-state index is 12.3. The number of benzene rings is 1. The molecule has 0 radical (unpaired) electrons. The Labute approximate surface area is 129 Å². The molecule has 0 fully saturated rings. The van der Waals surface area contributed by atoms with Crippen LogP contribution in [0.1, 0.15) is 27.9 Å². The number of esters is 1. The lowest BCUT2D eigenvalue weighted by molar-refractivity contribution is -0.142. The molecule has 1 aromatic rings. The van der Waals surface area contributed by atoms with Gasteiger partial charge in [0, 0.05) is 11.3 Å². The molecular formula is C15H22N2O3S. The van der Waals surface area contributed by atoms with Crippen LogP contribution in [0.25, 0.3) is 0 Å². The first-order chi connectivity index (χ1) is 9.90. The van der Waals surface area contributed by atoms with Crippen molar-refractivity contribution in [3.05, 3.63) is 28.8 Å². The Bertz CT molecular complexity index is 509. The van der Waals surface area contributed by atoms with E-state index in [1.807, 2.05) is 20.1 Å². The maximum Gasteiger partial charge on any atom is 0.328 e. The Hall–Kier alpha value is -1.69. The third-order valence-corrected chi connectivity index (χ3v) is 3.90. The van der Waals surface area contributed by atoms with Gasteiger partial charge in [-0.15, -0.1) is 0 Å². The number of carbonyl (C=O) groups is 2. The Morgan fingerprint density at radius 2 is 1.90 bits per heavy atom. The minimum absolute atomic E-state index is 0.294. The zero-order valence-corrected chi connectivity index (χ0v) is 13.7. The predicted molar refractivity (Wildman–Crippen MR) is 86.6 cm³/mol. The first-order valence-corrected chi connectivity index (χ1v) is 8.04. The third-order valence-electron chi connectivity index (χ3n) is 3.26. The average molecular weight is 310 g/mol. The molecule has 1 atom stereocenters. The van der Waals surface area contributed by atoms with Crippen molar-refractivity contribution in [2.75, 3.05) is 24.9 Å². The number of nitrogen functional groups attached to an aromatic ring is 1. The monoisotopic (exact) mass is 310 g/mol. The van der Waals surface area contributed by atoms with Crippen molar-refractivity contribution in [1.82, 2.24) is 5.32 Å². The highest BCUT2D eigenvalue weighted by Crippen LogP contribution is 2.18. The lowest BCUT2D eigenvalue weighted by Crippen LogP contribution is -2.42. The Balaban J connectivity index is 2.88. The highest BCUT2D eigenvalue weighted by atomic mass is 32.2. The van der Waals surface area contributed by atoms with Crippen LogP contribution in [0.15, 0.2) is 12.1 Å². The lowest BCUT2D eigenvalue weighted by atomic mass is 10.0. The number of amides is 1. The molecule has 0 aliphatic carbocycles. The smallest absolute Gasteiger partial charge is 0.328 e. The number of rotatable bonds is 6. The molecule has 0 saturated heterocycles. The third kappa shape index (κ3) is 4.67. The molecule has 21 heavy (non-hydrogen) atoms. The molecule has 0 aliphatic rings. The molecule has 0 bridgehead atoms. The highest BCUT2D eigenvalue weighted by Gasteiger charge is 2.22. The van der Waals surface area contributed by atoms with Gasteiger partial charge in [0.1, 0.15) is 6.04 Å². The summed E-state index contributed by atoms with van der Waals surface area (Å²) in [7, 11) is 1.32. The fourth-order valence-electron chi connectivity index (χ4n) is 1.97. The number of ether oxygens (including phenoxy) is 1. The number of aryl methyl sites for hydroxylation is 2. The molecule has 1 aromatic carbocycles. The van der Waals surface area contributed by atoms with Crippen molar-refractivity contribution in [1.29, 1.82) is 0 Å². The molecule has 0 aliphatic heterocycles. The first kappa shape index (κ1) is 17.4. The van der Waals surface area contributed by atoms with Crippen molar-refractivity contribution in [3.63, 3.8) is 0 Å². The largest absolute Gasteiger partial charge is 0.467 e. The fraction of sp³-hybridized carbons (Fsp3) is 0.467. The minimum Gasteiger partial charge on any atom is -0.467 e. The molecule has 116 valence electrons. The van der Waals surface area contributed by atoms with Crippen LogP contribution in [-0.4, -0.2) is 37.0 Å². The van der Waals surface area contributed by atoms with Gasteiger partial charge in [-0.3, -0.25) is 4.79 Å². The van der Waals surface area contributed by atoms with Gasteiger partial charge in [-0.1, -0.05) is 0 Å². The molecular weight excluding hydrogens is 288 g/mol. The number of anilines is 1. The van der Waals surface area contributed by atoms with Gasteiger partial charge in [-0.25, -0.2) is 4.79 Å². The number of thioether (sulfide) groups is 1. The maximum absolute atomic E-state index is 12.3. The second kappa shape index (κ2) is 7.93. The van der Waals surface area contributed by atoms with Gasteiger partial charge >= 0.3 is 5.97 Å². The number of methoxy groups -OCH3 is 1. The van der Waals surface area contributed by atoms with Crippen molar-refractivity contribution in [2.24, 2.45) is 0 Å². The zero-order chi connectivity index (χ0) is 16.0. The van der Waals surface area contributed by atoms with Crippen LogP contribution in [0, 0.1) is 13.8 Å². The molecule has 0 spiro atoms. The number of nitrogens with two attached hydrogens (primary N) is 1. The molecule has 5 nitrogen and oxygen atoms in total. The van der Waals surface area contributed by atoms with E-state index in [2.05, 4.69) is 5.32 Å². The molecule has 1 rings (SSSR count). The summed E-state index contributed by atoms with van der Waals surface area (Å²) < 4.78 is 4.73. The molecule has 0 heterocycles. The quantitative estimate of drug-likeness (QED) is 0.619. The number of carbonyl (C=O) groups excluding carboxylic acids is 2. The van der Waals surface area contributed by atoms with E-state index in [0.29, 0.717) is 17.7 Å². The fourth-order valence-corrected chi connectivity index (χ4v) is 2.45. The SMILES string of the molecule is COC(=O)C(CCSC)NC(=O)c1cc(C)c(N)c(C)c1. The average Bonchev–Trinajstić information content (AvgIpc) is 2.47. The molecule has 1 amide bonds. The standard InChI is InChI=1S/C15H22N2O3S/c1-9-7-11(8-10(2)13(9)16)14(18)17-12(5-6-21-4)15(19)20-3/h7-8,12H,5-6,16H2,1-4H3,(H,17,18). The van der Waals surface area contributed by atoms with Gasteiger partial charge in [-0.05, 0) is 55.5 Å². The van der Waals surface area contributed by atoms with Gasteiger partial charge < -0.3 is 15.8 Å². The second-order valence-electron chi connectivity index (χ2n) is 4.85. The van der Waals surface area contributed by atoms with Crippen molar-refractivity contribution >= 4 is 29.3 Å². The van der Waals surface area contributed by atoms with E-state index >= 15 is 0 Å². The van der Waals surface area contributed by atoms with Gasteiger partial charge in [0.2, 0.25) is 0 Å². The topological polar surface area (TPSA) is 81.4 Å². The van der Waals surface area contributed by atoms with Crippen molar-refractivity contribution in [3.8, 4) is 0 Å². The van der Waals surface area contributed by atoms with Gasteiger partial charge in [0.05, 0.1) is 7.11 Å². The number of hydrogen-bond acceptors (Lipinski definition) is 5. The summed E-state index contributed by atoms with van der Waals surface area (Å²) in [5.74, 6) is 0.0406. The van der Waals surface area contributed by atoms with E-state index in [4.69, 9.17) is 10.5 Å². The van der Waals surface area contributed by atoms with Gasteiger partial charge in [0.15, 0.2) is 0 Å². The van der Waals surface area contributed by atoms with Gasteiger partial charge in [0.25, 0.3) is 5.91 Å². The Morgan fingerprint density at radius 3 is 2.38 bits per heavy atom. The lowest BCUT2D eigenvalue weighted by Gasteiger charge is -2.17. The Kier molecular flexibility index (Phi) is 6.55. The summed E-state index contributed by atoms with van der Waals surface area (Å²) in [6.07, 6.45) is 2.48. The molecule has 0 saturated carbocycles. The normalized spacial score (nSPS) is 11.8. The summed E-state index contributed by atoms with van der Waals surface area (Å²) in [6.45, 7) is 3.70. The Morgan fingerprint density at radius 1 is 1.33 bits per heavy atom. The van der Waals surface area contributed by atoms with Crippen LogP contribution in [0.2, 0.25) is 0 Å². The van der Waals surface area contributed by atoms with Crippen molar-refractivity contribution < 1.29 is 14.3 Å². The van der Waals surface area contributed by atoms with E-state index in [-0.39, 0.29) is 5.91 Å². The summed E-state index contributed by atoms with van der Waals surface area (Å²) in [5, 5.41) is 2.73. The van der Waals surface area contributed by atoms with Crippen LogP contribution >= 0.6 is 11.8 Å². The van der Waals surface area contributed by atoms with Crippen LogP contribution < -0.4 is 11.1 Å². The van der Waals surface area contributed by atoms with E-state index in [1.165, 1.54) is 7.11 Å². The highest BCUT2D eigenvalue weighted by molar-refractivity contribution is 7.98. The van der Waals surface area contributed by atoms with Crippen LogP contribution in [0.5, 0.6) is 0 Å². The summed E-state index contributed by atoms with van der Waals surface area (Å²) in [5.41, 5.74) is 8.75. The molecule has 1 unspecified atom stereocenters. The first-order valence-electron chi connectivity index (χ1n) is 6.65. The van der Waals surface area contributed by atoms with E-state index in [1.54, 1.807) is 23.9 Å². The predicted octanol–water partition coefficient (Wildman–Crippen LogP) is 1.91. The summed E-state index contributed by atoms with van der Waals surface area (Å²) in [6, 6.07) is 2.81. The van der Waals surface area contributed by atoms with E-state index in [0.717, 1.165) is 16.9 Å². The van der Waals surface area contributed by atoms with Gasteiger partial charge in [-0.2, -0.15) is 11.8 Å². The van der Waals surface area contributed by atoms with Crippen LogP contribution in [0.3, 0.4) is 0 Å².